The molecule has 0 bridgehead atoms. The van der Waals surface area contributed by atoms with Crippen molar-refractivity contribution in [3.8, 4) is 0 Å². The second-order valence-electron chi connectivity index (χ2n) is 5.79. The Hall–Kier alpha value is -1.93. The predicted octanol–water partition coefficient (Wildman–Crippen LogP) is 2.76. The highest BCUT2D eigenvalue weighted by Gasteiger charge is 2.13. The highest BCUT2D eigenvalue weighted by molar-refractivity contribution is 7.89. The molecular weight excluding hydrogens is 378 g/mol. The SMILES string of the molecule is O=C(O)CCC(O)c1ccc(CCNS(=O)(=O)c2ccc(Cl)cc2)cc1. The van der Waals surface area contributed by atoms with Gasteiger partial charge in [0.2, 0.25) is 10.0 Å². The number of carbonyl (C=O) groups is 1. The number of hydrogen-bond acceptors (Lipinski definition) is 4. The third-order valence-electron chi connectivity index (χ3n) is 3.83. The van der Waals surface area contributed by atoms with Gasteiger partial charge in [-0.2, -0.15) is 0 Å². The number of aliphatic hydroxyl groups is 1. The van der Waals surface area contributed by atoms with Crippen LogP contribution in [0.25, 0.3) is 0 Å². The van der Waals surface area contributed by atoms with Crippen LogP contribution < -0.4 is 4.72 Å². The van der Waals surface area contributed by atoms with Gasteiger partial charge in [-0.05, 0) is 48.2 Å². The second kappa shape index (κ2) is 9.14. The fraction of sp³-hybridized carbons (Fsp3) is 0.278. The van der Waals surface area contributed by atoms with Crippen molar-refractivity contribution in [2.75, 3.05) is 6.54 Å². The molecular formula is C18H20ClNO5S. The molecule has 3 N–H and O–H groups in total. The average Bonchev–Trinajstić information content (AvgIpc) is 2.60. The van der Waals surface area contributed by atoms with E-state index in [1.807, 2.05) is 0 Å². The summed E-state index contributed by atoms with van der Waals surface area (Å²) in [6.45, 7) is 0.228. The molecule has 1 atom stereocenters. The van der Waals surface area contributed by atoms with Gasteiger partial charge in [0.05, 0.1) is 11.0 Å². The number of hydrogen-bond donors (Lipinski definition) is 3. The summed E-state index contributed by atoms with van der Waals surface area (Å²) in [4.78, 5) is 10.7. The number of rotatable bonds is 9. The Bertz CT molecular complexity index is 835. The van der Waals surface area contributed by atoms with Crippen LogP contribution in [0.2, 0.25) is 5.02 Å². The van der Waals surface area contributed by atoms with Gasteiger partial charge in [0.25, 0.3) is 0 Å². The Kier molecular flexibility index (Phi) is 7.16. The fourth-order valence-electron chi connectivity index (χ4n) is 2.36. The first-order valence-electron chi connectivity index (χ1n) is 8.02. The molecule has 0 aliphatic heterocycles. The maximum Gasteiger partial charge on any atom is 0.303 e. The van der Waals surface area contributed by atoms with E-state index in [9.17, 15) is 18.3 Å². The van der Waals surface area contributed by atoms with Crippen LogP contribution in [0.4, 0.5) is 0 Å². The summed E-state index contributed by atoms with van der Waals surface area (Å²) >= 11 is 5.75. The summed E-state index contributed by atoms with van der Waals surface area (Å²) in [6, 6.07) is 12.9. The summed E-state index contributed by atoms with van der Waals surface area (Å²) in [6.07, 6.45) is -0.299. The van der Waals surface area contributed by atoms with Gasteiger partial charge < -0.3 is 10.2 Å². The van der Waals surface area contributed by atoms with Gasteiger partial charge in [-0.1, -0.05) is 35.9 Å². The third kappa shape index (κ3) is 6.10. The molecule has 2 aromatic rings. The highest BCUT2D eigenvalue weighted by Crippen LogP contribution is 2.19. The van der Waals surface area contributed by atoms with Crippen LogP contribution in [0.15, 0.2) is 53.4 Å². The van der Waals surface area contributed by atoms with E-state index in [2.05, 4.69) is 4.72 Å². The summed E-state index contributed by atoms with van der Waals surface area (Å²) in [7, 11) is -3.59. The number of aliphatic carboxylic acids is 1. The molecule has 2 aromatic carbocycles. The molecule has 0 amide bonds. The quantitative estimate of drug-likeness (QED) is 0.603. The molecule has 140 valence electrons. The Morgan fingerprint density at radius 1 is 1.08 bits per heavy atom. The number of benzene rings is 2. The molecule has 0 aromatic heterocycles. The van der Waals surface area contributed by atoms with Crippen molar-refractivity contribution in [1.82, 2.24) is 4.72 Å². The highest BCUT2D eigenvalue weighted by atomic mass is 35.5. The van der Waals surface area contributed by atoms with Gasteiger partial charge in [-0.15, -0.1) is 0 Å². The molecule has 2 rings (SSSR count). The zero-order valence-electron chi connectivity index (χ0n) is 13.9. The van der Waals surface area contributed by atoms with Crippen LogP contribution in [-0.2, 0) is 21.2 Å². The Morgan fingerprint density at radius 2 is 1.69 bits per heavy atom. The van der Waals surface area contributed by atoms with Gasteiger partial charge in [-0.25, -0.2) is 13.1 Å². The lowest BCUT2D eigenvalue weighted by Gasteiger charge is -2.11. The monoisotopic (exact) mass is 397 g/mol. The summed E-state index contributed by atoms with van der Waals surface area (Å²) < 4.78 is 26.9. The molecule has 0 spiro atoms. The van der Waals surface area contributed by atoms with Gasteiger partial charge in [0, 0.05) is 18.0 Å². The Labute approximate surface area is 157 Å². The first-order valence-corrected chi connectivity index (χ1v) is 9.88. The van der Waals surface area contributed by atoms with Crippen LogP contribution in [0.3, 0.4) is 0 Å². The first kappa shape index (κ1) is 20.4. The third-order valence-corrected chi connectivity index (χ3v) is 5.55. The van der Waals surface area contributed by atoms with Crippen molar-refractivity contribution in [1.29, 1.82) is 0 Å². The molecule has 0 fully saturated rings. The van der Waals surface area contributed by atoms with Crippen molar-refractivity contribution in [2.45, 2.75) is 30.3 Å². The fourth-order valence-corrected chi connectivity index (χ4v) is 3.52. The van der Waals surface area contributed by atoms with Crippen LogP contribution in [0, 0.1) is 0 Å². The van der Waals surface area contributed by atoms with E-state index in [1.165, 1.54) is 24.3 Å². The van der Waals surface area contributed by atoms with Crippen LogP contribution in [0.1, 0.15) is 30.1 Å². The van der Waals surface area contributed by atoms with E-state index in [0.29, 0.717) is 17.0 Å². The van der Waals surface area contributed by atoms with Gasteiger partial charge in [-0.3, -0.25) is 4.79 Å². The standard InChI is InChI=1S/C18H20ClNO5S/c19-15-5-7-16(8-6-15)26(24,25)20-12-11-13-1-3-14(4-2-13)17(21)9-10-18(22)23/h1-8,17,20-21H,9-12H2,(H,22,23). The molecule has 8 heteroatoms. The van der Waals surface area contributed by atoms with Gasteiger partial charge in [0.1, 0.15) is 0 Å². The molecule has 6 nitrogen and oxygen atoms in total. The number of nitrogens with one attached hydrogen (secondary N) is 1. The maximum atomic E-state index is 12.2. The maximum absolute atomic E-state index is 12.2. The average molecular weight is 398 g/mol. The summed E-state index contributed by atoms with van der Waals surface area (Å²) in [5, 5.41) is 19.0. The first-order chi connectivity index (χ1) is 12.3. The smallest absolute Gasteiger partial charge is 0.303 e. The lowest BCUT2D eigenvalue weighted by molar-refractivity contribution is -0.137. The number of carboxylic acid groups (broad SMARTS) is 1. The Balaban J connectivity index is 1.87. The van der Waals surface area contributed by atoms with Crippen LogP contribution >= 0.6 is 11.6 Å². The topological polar surface area (TPSA) is 104 Å². The van der Waals surface area contributed by atoms with E-state index in [4.69, 9.17) is 16.7 Å². The molecule has 0 saturated heterocycles. The number of sulfonamides is 1. The molecule has 26 heavy (non-hydrogen) atoms. The summed E-state index contributed by atoms with van der Waals surface area (Å²) in [5.74, 6) is -0.950. The minimum atomic E-state index is -3.59. The molecule has 0 heterocycles. The number of halogens is 1. The van der Waals surface area contributed by atoms with E-state index in [0.717, 1.165) is 5.56 Å². The normalized spacial score (nSPS) is 12.7. The minimum absolute atomic E-state index is 0.102. The lowest BCUT2D eigenvalue weighted by atomic mass is 10.0. The van der Waals surface area contributed by atoms with E-state index < -0.39 is 22.1 Å². The number of aliphatic hydroxyl groups excluding tert-OH is 1. The van der Waals surface area contributed by atoms with Crippen LogP contribution in [0.5, 0.6) is 0 Å². The van der Waals surface area contributed by atoms with E-state index in [1.54, 1.807) is 24.3 Å². The Morgan fingerprint density at radius 3 is 2.27 bits per heavy atom. The second-order valence-corrected chi connectivity index (χ2v) is 7.99. The minimum Gasteiger partial charge on any atom is -0.481 e. The molecule has 0 radical (unpaired) electrons. The lowest BCUT2D eigenvalue weighted by Crippen LogP contribution is -2.25. The van der Waals surface area contributed by atoms with Gasteiger partial charge >= 0.3 is 5.97 Å². The molecule has 0 saturated carbocycles. The largest absolute Gasteiger partial charge is 0.481 e. The van der Waals surface area contributed by atoms with Crippen molar-refractivity contribution in [2.24, 2.45) is 0 Å². The summed E-state index contributed by atoms with van der Waals surface area (Å²) in [5.41, 5.74) is 1.54. The van der Waals surface area contributed by atoms with Crippen molar-refractivity contribution in [3.63, 3.8) is 0 Å². The molecule has 0 aliphatic rings. The molecule has 0 aliphatic carbocycles. The van der Waals surface area contributed by atoms with Crippen molar-refractivity contribution in [3.05, 3.63) is 64.7 Å². The van der Waals surface area contributed by atoms with Crippen molar-refractivity contribution < 1.29 is 23.4 Å². The van der Waals surface area contributed by atoms with E-state index in [-0.39, 0.29) is 24.3 Å². The molecule has 1 unspecified atom stereocenters. The van der Waals surface area contributed by atoms with Gasteiger partial charge in [0.15, 0.2) is 0 Å². The zero-order valence-corrected chi connectivity index (χ0v) is 15.5. The predicted molar refractivity (Wildman–Crippen MR) is 98.6 cm³/mol. The van der Waals surface area contributed by atoms with Crippen LogP contribution in [-0.4, -0.2) is 31.1 Å². The number of carboxylic acids is 1. The zero-order chi connectivity index (χ0) is 19.2. The van der Waals surface area contributed by atoms with E-state index >= 15 is 0 Å². The van der Waals surface area contributed by atoms with Crippen molar-refractivity contribution >= 4 is 27.6 Å².